The van der Waals surface area contributed by atoms with Crippen LogP contribution in [0.1, 0.15) is 29.9 Å². The number of hydrogen-bond donors (Lipinski definition) is 3. The van der Waals surface area contributed by atoms with E-state index in [9.17, 15) is 10.2 Å². The predicted octanol–water partition coefficient (Wildman–Crippen LogP) is 0.486. The van der Waals surface area contributed by atoms with Crippen molar-refractivity contribution in [2.24, 2.45) is 0 Å². The van der Waals surface area contributed by atoms with Crippen LogP contribution in [0, 0.1) is 0 Å². The van der Waals surface area contributed by atoms with Gasteiger partial charge in [-0.3, -0.25) is 0 Å². The lowest BCUT2D eigenvalue weighted by Crippen LogP contribution is -2.49. The maximum Gasteiger partial charge on any atom is 0.231 e. The van der Waals surface area contributed by atoms with Crippen LogP contribution in [0.25, 0.3) is 0 Å². The van der Waals surface area contributed by atoms with Gasteiger partial charge in [0, 0.05) is 18.5 Å². The summed E-state index contributed by atoms with van der Waals surface area (Å²) in [7, 11) is 0. The van der Waals surface area contributed by atoms with Gasteiger partial charge in [-0.15, -0.1) is 0 Å². The van der Waals surface area contributed by atoms with E-state index in [1.54, 1.807) is 0 Å². The Labute approximate surface area is 111 Å². The van der Waals surface area contributed by atoms with Gasteiger partial charge in [0.1, 0.15) is 0 Å². The van der Waals surface area contributed by atoms with Crippen molar-refractivity contribution in [3.8, 4) is 11.5 Å². The summed E-state index contributed by atoms with van der Waals surface area (Å²) in [4.78, 5) is 0. The van der Waals surface area contributed by atoms with Crippen LogP contribution in [-0.4, -0.2) is 35.3 Å². The summed E-state index contributed by atoms with van der Waals surface area (Å²) < 4.78 is 10.8. The predicted molar refractivity (Wildman–Crippen MR) is 67.2 cm³/mol. The number of nitrogens with one attached hydrogen (secondary N) is 1. The van der Waals surface area contributed by atoms with E-state index in [4.69, 9.17) is 9.47 Å². The molecule has 2 aliphatic heterocycles. The average molecular weight is 263 g/mol. The van der Waals surface area contributed by atoms with Gasteiger partial charge in [-0.25, -0.2) is 0 Å². The molecule has 1 aliphatic carbocycles. The minimum absolute atomic E-state index is 0.228. The second-order valence-electron chi connectivity index (χ2n) is 5.60. The third kappa shape index (κ3) is 1.73. The highest BCUT2D eigenvalue weighted by Crippen LogP contribution is 2.43. The quantitative estimate of drug-likeness (QED) is 0.635. The van der Waals surface area contributed by atoms with E-state index in [1.807, 2.05) is 12.1 Å². The summed E-state index contributed by atoms with van der Waals surface area (Å²) in [5.74, 6) is 1.83. The van der Waals surface area contributed by atoms with Gasteiger partial charge in [0.25, 0.3) is 0 Å². The normalized spacial score (nSPS) is 35.7. The van der Waals surface area contributed by atoms with E-state index in [1.165, 1.54) is 11.1 Å². The van der Waals surface area contributed by atoms with Gasteiger partial charge in [-0.05, 0) is 36.1 Å². The van der Waals surface area contributed by atoms with Gasteiger partial charge in [-0.1, -0.05) is 0 Å². The first-order valence-corrected chi connectivity index (χ1v) is 6.74. The fraction of sp³-hybridized carbons (Fsp3) is 0.571. The number of benzene rings is 1. The SMILES string of the molecule is OC1CC2NCc3cc4c(cc3C2CC1O)OCO4. The van der Waals surface area contributed by atoms with E-state index < -0.39 is 12.2 Å². The van der Waals surface area contributed by atoms with Crippen molar-refractivity contribution in [3.63, 3.8) is 0 Å². The summed E-state index contributed by atoms with van der Waals surface area (Å²) in [5.41, 5.74) is 2.42. The number of aliphatic hydroxyl groups excluding tert-OH is 2. The Bertz CT molecular complexity index is 518. The molecule has 0 amide bonds. The first-order valence-electron chi connectivity index (χ1n) is 6.74. The molecule has 1 aromatic carbocycles. The van der Waals surface area contributed by atoms with Crippen LogP contribution in [0.15, 0.2) is 12.1 Å². The zero-order valence-electron chi connectivity index (χ0n) is 10.5. The lowest BCUT2D eigenvalue weighted by atomic mass is 9.74. The third-order valence-electron chi connectivity index (χ3n) is 4.51. The number of aliphatic hydroxyl groups is 2. The third-order valence-corrected chi connectivity index (χ3v) is 4.51. The van der Waals surface area contributed by atoms with Crippen molar-refractivity contribution in [2.45, 2.75) is 43.6 Å². The van der Waals surface area contributed by atoms with Crippen molar-refractivity contribution in [3.05, 3.63) is 23.3 Å². The van der Waals surface area contributed by atoms with Crippen LogP contribution < -0.4 is 14.8 Å². The standard InChI is InChI=1S/C14H17NO4/c16-11-2-9-8-3-14-13(18-6-19-14)1-7(8)5-15-10(9)4-12(11)17/h1,3,9-12,15-17H,2,4-6H2. The second kappa shape index (κ2) is 4.10. The summed E-state index contributed by atoms with van der Waals surface area (Å²) in [5, 5.41) is 23.1. The molecule has 102 valence electrons. The zero-order valence-corrected chi connectivity index (χ0v) is 10.5. The Balaban J connectivity index is 1.74. The number of hydrogen-bond acceptors (Lipinski definition) is 5. The molecular weight excluding hydrogens is 246 g/mol. The molecule has 1 saturated carbocycles. The summed E-state index contributed by atoms with van der Waals surface area (Å²) in [6, 6.07) is 4.30. The van der Waals surface area contributed by atoms with E-state index >= 15 is 0 Å². The topological polar surface area (TPSA) is 71.0 Å². The van der Waals surface area contributed by atoms with Crippen molar-refractivity contribution in [2.75, 3.05) is 6.79 Å². The van der Waals surface area contributed by atoms with Gasteiger partial charge in [0.2, 0.25) is 6.79 Å². The highest BCUT2D eigenvalue weighted by atomic mass is 16.7. The monoisotopic (exact) mass is 263 g/mol. The minimum atomic E-state index is -0.639. The molecule has 0 bridgehead atoms. The van der Waals surface area contributed by atoms with Crippen LogP contribution in [-0.2, 0) is 6.54 Å². The highest BCUT2D eigenvalue weighted by Gasteiger charge is 2.39. The molecule has 0 saturated heterocycles. The van der Waals surface area contributed by atoms with Crippen LogP contribution in [0.4, 0.5) is 0 Å². The summed E-state index contributed by atoms with van der Waals surface area (Å²) in [6.45, 7) is 1.05. The van der Waals surface area contributed by atoms with E-state index in [0.717, 1.165) is 18.0 Å². The molecule has 4 rings (SSSR count). The van der Waals surface area contributed by atoms with Crippen molar-refractivity contribution in [1.29, 1.82) is 0 Å². The Morgan fingerprint density at radius 3 is 2.63 bits per heavy atom. The molecule has 4 atom stereocenters. The van der Waals surface area contributed by atoms with Gasteiger partial charge in [-0.2, -0.15) is 0 Å². The Morgan fingerprint density at radius 1 is 1.05 bits per heavy atom. The molecule has 3 aliphatic rings. The molecule has 0 radical (unpaired) electrons. The number of fused-ring (bicyclic) bond motifs is 4. The fourth-order valence-electron chi connectivity index (χ4n) is 3.47. The van der Waals surface area contributed by atoms with Crippen LogP contribution in [0.3, 0.4) is 0 Å². The van der Waals surface area contributed by atoms with Gasteiger partial charge < -0.3 is 25.0 Å². The maximum atomic E-state index is 9.90. The number of ether oxygens (including phenoxy) is 2. The molecular formula is C14H17NO4. The van der Waals surface area contributed by atoms with Crippen molar-refractivity contribution < 1.29 is 19.7 Å². The minimum Gasteiger partial charge on any atom is -0.454 e. The molecule has 1 aromatic rings. The van der Waals surface area contributed by atoms with E-state index in [0.29, 0.717) is 12.8 Å². The highest BCUT2D eigenvalue weighted by molar-refractivity contribution is 5.51. The molecule has 4 unspecified atom stereocenters. The Hall–Kier alpha value is -1.30. The average Bonchev–Trinajstić information content (AvgIpc) is 2.85. The summed E-state index contributed by atoms with van der Waals surface area (Å²) in [6.07, 6.45) is -0.0747. The van der Waals surface area contributed by atoms with Crippen LogP contribution >= 0.6 is 0 Å². The van der Waals surface area contributed by atoms with E-state index in [-0.39, 0.29) is 18.8 Å². The Kier molecular flexibility index (Phi) is 2.48. The molecule has 2 heterocycles. The fourth-order valence-corrected chi connectivity index (χ4v) is 3.47. The lowest BCUT2D eigenvalue weighted by Gasteiger charge is -2.41. The molecule has 5 nitrogen and oxygen atoms in total. The Morgan fingerprint density at radius 2 is 1.79 bits per heavy atom. The van der Waals surface area contributed by atoms with Gasteiger partial charge in [0.15, 0.2) is 11.5 Å². The van der Waals surface area contributed by atoms with Crippen LogP contribution in [0.2, 0.25) is 0 Å². The zero-order chi connectivity index (χ0) is 13.0. The molecule has 5 heteroatoms. The smallest absolute Gasteiger partial charge is 0.231 e. The lowest BCUT2D eigenvalue weighted by molar-refractivity contribution is -0.0273. The molecule has 3 N–H and O–H groups in total. The first kappa shape index (κ1) is 11.5. The van der Waals surface area contributed by atoms with Gasteiger partial charge >= 0.3 is 0 Å². The van der Waals surface area contributed by atoms with Crippen molar-refractivity contribution in [1.82, 2.24) is 5.32 Å². The second-order valence-corrected chi connectivity index (χ2v) is 5.60. The number of rotatable bonds is 0. The van der Waals surface area contributed by atoms with Crippen LogP contribution in [0.5, 0.6) is 11.5 Å². The molecule has 0 spiro atoms. The maximum absolute atomic E-state index is 9.90. The molecule has 0 aromatic heterocycles. The molecule has 1 fully saturated rings. The first-order chi connectivity index (χ1) is 9.22. The summed E-state index contributed by atoms with van der Waals surface area (Å²) >= 11 is 0. The van der Waals surface area contributed by atoms with E-state index in [2.05, 4.69) is 5.32 Å². The largest absolute Gasteiger partial charge is 0.454 e. The molecule has 19 heavy (non-hydrogen) atoms. The van der Waals surface area contributed by atoms with Crippen molar-refractivity contribution >= 4 is 0 Å². The van der Waals surface area contributed by atoms with Gasteiger partial charge in [0.05, 0.1) is 12.2 Å².